The number of nitrogens with one attached hydrogen (secondary N) is 1. The Bertz CT molecular complexity index is 993. The van der Waals surface area contributed by atoms with Crippen LogP contribution in [0, 0.1) is 5.92 Å². The lowest BCUT2D eigenvalue weighted by Gasteiger charge is -2.29. The van der Waals surface area contributed by atoms with Crippen molar-refractivity contribution < 1.29 is 13.2 Å². The Morgan fingerprint density at radius 2 is 1.88 bits per heavy atom. The van der Waals surface area contributed by atoms with Crippen molar-refractivity contribution in [2.45, 2.75) is 43.5 Å². The van der Waals surface area contributed by atoms with Crippen LogP contribution in [0.4, 0.5) is 0 Å². The standard InChI is InChI=1S/C24H33N3O3S2/c1-19-9-13-27(14-10-19)32(29,30)21-7-4-6-20(16-21)23(28)18-25-17-22(24-8-5-15-31-24)26-11-2-3-12-26/h4-8,15-16,19,22,25H,2-3,9-14,17-18H2,1H3. The average molecular weight is 476 g/mol. The molecule has 8 heteroatoms. The van der Waals surface area contributed by atoms with Gasteiger partial charge in [-0.1, -0.05) is 25.1 Å². The summed E-state index contributed by atoms with van der Waals surface area (Å²) in [6.45, 7) is 6.33. The molecule has 2 fully saturated rings. The molecule has 6 nitrogen and oxygen atoms in total. The number of nitrogens with zero attached hydrogens (tertiary/aromatic N) is 2. The normalized spacial score (nSPS) is 19.9. The molecule has 0 spiro atoms. The Hall–Kier alpha value is -1.58. The molecular formula is C24H33N3O3S2. The fourth-order valence-corrected chi connectivity index (χ4v) is 6.95. The predicted molar refractivity (Wildman–Crippen MR) is 129 cm³/mol. The molecule has 2 aliphatic rings. The van der Waals surface area contributed by atoms with Gasteiger partial charge in [0, 0.05) is 30.1 Å². The molecule has 4 rings (SSSR count). The summed E-state index contributed by atoms with van der Waals surface area (Å²) < 4.78 is 27.6. The van der Waals surface area contributed by atoms with Gasteiger partial charge >= 0.3 is 0 Å². The van der Waals surface area contributed by atoms with Crippen molar-refractivity contribution in [1.29, 1.82) is 0 Å². The zero-order valence-corrected chi connectivity index (χ0v) is 20.3. The van der Waals surface area contributed by atoms with Crippen LogP contribution in [0.15, 0.2) is 46.7 Å². The highest BCUT2D eigenvalue weighted by Crippen LogP contribution is 2.28. The van der Waals surface area contributed by atoms with E-state index in [2.05, 4.69) is 34.7 Å². The summed E-state index contributed by atoms with van der Waals surface area (Å²) in [5, 5.41) is 5.43. The second kappa shape index (κ2) is 10.6. The average Bonchev–Trinajstić information content (AvgIpc) is 3.52. The highest BCUT2D eigenvalue weighted by atomic mass is 32.2. The number of Topliss-reactive ketones (excluding diaryl/α,β-unsaturated/α-hetero) is 1. The van der Waals surface area contributed by atoms with Gasteiger partial charge in [-0.25, -0.2) is 8.42 Å². The molecule has 1 N–H and O–H groups in total. The summed E-state index contributed by atoms with van der Waals surface area (Å²) in [4.78, 5) is 16.9. The van der Waals surface area contributed by atoms with Crippen LogP contribution in [0.25, 0.3) is 0 Å². The van der Waals surface area contributed by atoms with Crippen molar-refractivity contribution in [3.63, 3.8) is 0 Å². The lowest BCUT2D eigenvalue weighted by molar-refractivity contribution is 0.0987. The molecule has 0 bridgehead atoms. The van der Waals surface area contributed by atoms with Crippen molar-refractivity contribution in [1.82, 2.24) is 14.5 Å². The summed E-state index contributed by atoms with van der Waals surface area (Å²) in [5.41, 5.74) is 0.442. The van der Waals surface area contributed by atoms with E-state index < -0.39 is 10.0 Å². The van der Waals surface area contributed by atoms with Gasteiger partial charge in [-0.2, -0.15) is 4.31 Å². The van der Waals surface area contributed by atoms with Crippen LogP contribution in [0.2, 0.25) is 0 Å². The molecular weight excluding hydrogens is 442 g/mol. The molecule has 0 radical (unpaired) electrons. The third-order valence-corrected chi connectivity index (χ3v) is 9.48. The van der Waals surface area contributed by atoms with Crippen molar-refractivity contribution in [3.8, 4) is 0 Å². The van der Waals surface area contributed by atoms with E-state index in [0.717, 1.165) is 25.9 Å². The second-order valence-corrected chi connectivity index (χ2v) is 11.9. The monoisotopic (exact) mass is 475 g/mol. The number of sulfonamides is 1. The minimum atomic E-state index is -3.56. The van der Waals surface area contributed by atoms with Gasteiger partial charge in [0.1, 0.15) is 0 Å². The van der Waals surface area contributed by atoms with Crippen LogP contribution in [0.1, 0.15) is 53.9 Å². The Morgan fingerprint density at radius 1 is 1.12 bits per heavy atom. The molecule has 0 aliphatic carbocycles. The lowest BCUT2D eigenvalue weighted by Crippen LogP contribution is -2.38. The topological polar surface area (TPSA) is 69.7 Å². The van der Waals surface area contributed by atoms with Gasteiger partial charge in [0.15, 0.2) is 5.78 Å². The van der Waals surface area contributed by atoms with Crippen LogP contribution >= 0.6 is 11.3 Å². The van der Waals surface area contributed by atoms with Gasteiger partial charge in [0.25, 0.3) is 0 Å². The van der Waals surface area contributed by atoms with Gasteiger partial charge in [-0.3, -0.25) is 9.69 Å². The summed E-state index contributed by atoms with van der Waals surface area (Å²) >= 11 is 1.75. The Labute approximate surface area is 195 Å². The minimum Gasteiger partial charge on any atom is -0.308 e. The van der Waals surface area contributed by atoms with E-state index in [1.165, 1.54) is 23.8 Å². The molecule has 2 aromatic rings. The molecule has 1 aromatic carbocycles. The molecule has 0 saturated carbocycles. The van der Waals surface area contributed by atoms with Crippen LogP contribution in [0.3, 0.4) is 0 Å². The highest BCUT2D eigenvalue weighted by molar-refractivity contribution is 7.89. The number of ketones is 1. The minimum absolute atomic E-state index is 0.0827. The van der Waals surface area contributed by atoms with Gasteiger partial charge in [0.2, 0.25) is 10.0 Å². The summed E-state index contributed by atoms with van der Waals surface area (Å²) in [7, 11) is -3.56. The molecule has 3 heterocycles. The first-order chi connectivity index (χ1) is 15.4. The maximum Gasteiger partial charge on any atom is 0.243 e. The number of likely N-dealkylation sites (tertiary alicyclic amines) is 1. The van der Waals surface area contributed by atoms with Crippen molar-refractivity contribution in [2.24, 2.45) is 5.92 Å². The van der Waals surface area contributed by atoms with Crippen LogP contribution in [0.5, 0.6) is 0 Å². The van der Waals surface area contributed by atoms with E-state index in [1.54, 1.807) is 33.8 Å². The first kappa shape index (κ1) is 23.6. The second-order valence-electron chi connectivity index (χ2n) is 8.94. The smallest absolute Gasteiger partial charge is 0.243 e. The number of hydrogen-bond donors (Lipinski definition) is 1. The Balaban J connectivity index is 1.38. The number of rotatable bonds is 9. The molecule has 1 unspecified atom stereocenters. The van der Waals surface area contributed by atoms with Gasteiger partial charge < -0.3 is 5.32 Å². The van der Waals surface area contributed by atoms with E-state index in [1.807, 2.05) is 0 Å². The maximum absolute atomic E-state index is 13.0. The summed E-state index contributed by atoms with van der Waals surface area (Å²) in [6.07, 6.45) is 4.20. The number of carbonyl (C=O) groups is 1. The lowest BCUT2D eigenvalue weighted by atomic mass is 10.0. The van der Waals surface area contributed by atoms with Gasteiger partial charge in [-0.05, 0) is 68.3 Å². The van der Waals surface area contributed by atoms with E-state index >= 15 is 0 Å². The Kier molecular flexibility index (Phi) is 7.78. The van der Waals surface area contributed by atoms with Gasteiger partial charge in [-0.15, -0.1) is 11.3 Å². The number of carbonyl (C=O) groups excluding carboxylic acids is 1. The molecule has 32 heavy (non-hydrogen) atoms. The maximum atomic E-state index is 13.0. The van der Waals surface area contributed by atoms with E-state index in [9.17, 15) is 13.2 Å². The first-order valence-electron chi connectivity index (χ1n) is 11.6. The summed E-state index contributed by atoms with van der Waals surface area (Å²) in [6, 6.07) is 11.0. The van der Waals surface area contributed by atoms with Crippen LogP contribution in [-0.4, -0.2) is 62.7 Å². The van der Waals surface area contributed by atoms with E-state index in [-0.39, 0.29) is 23.3 Å². The quantitative estimate of drug-likeness (QED) is 0.559. The zero-order chi connectivity index (χ0) is 22.6. The third kappa shape index (κ3) is 5.48. The summed E-state index contributed by atoms with van der Waals surface area (Å²) in [5.74, 6) is 0.472. The zero-order valence-electron chi connectivity index (χ0n) is 18.7. The van der Waals surface area contributed by atoms with Gasteiger partial charge in [0.05, 0.1) is 17.5 Å². The van der Waals surface area contributed by atoms with E-state index in [4.69, 9.17) is 0 Å². The third-order valence-electron chi connectivity index (χ3n) is 6.61. The van der Waals surface area contributed by atoms with E-state index in [0.29, 0.717) is 31.1 Å². The predicted octanol–water partition coefficient (Wildman–Crippen LogP) is 3.78. The molecule has 1 aromatic heterocycles. The number of thiophene rings is 1. The Morgan fingerprint density at radius 3 is 2.56 bits per heavy atom. The fourth-order valence-electron chi connectivity index (χ4n) is 4.57. The van der Waals surface area contributed by atoms with Crippen molar-refractivity contribution >= 4 is 27.1 Å². The highest BCUT2D eigenvalue weighted by Gasteiger charge is 2.29. The molecule has 1 atom stereocenters. The van der Waals surface area contributed by atoms with Crippen molar-refractivity contribution in [2.75, 3.05) is 39.3 Å². The SMILES string of the molecule is CC1CCN(S(=O)(=O)c2cccc(C(=O)CNCC(c3cccs3)N3CCCC3)c2)CC1. The van der Waals surface area contributed by atoms with Crippen LogP contribution < -0.4 is 5.32 Å². The molecule has 2 saturated heterocycles. The molecule has 174 valence electrons. The van der Waals surface area contributed by atoms with Crippen molar-refractivity contribution in [3.05, 3.63) is 52.2 Å². The fraction of sp³-hybridized carbons (Fsp3) is 0.542. The number of hydrogen-bond acceptors (Lipinski definition) is 6. The number of piperidine rings is 1. The number of benzene rings is 1. The first-order valence-corrected chi connectivity index (χ1v) is 13.9. The molecule has 2 aliphatic heterocycles. The molecule has 0 amide bonds. The van der Waals surface area contributed by atoms with Crippen LogP contribution in [-0.2, 0) is 10.0 Å². The largest absolute Gasteiger partial charge is 0.308 e.